The van der Waals surface area contributed by atoms with Crippen LogP contribution in [-0.2, 0) is 0 Å². The van der Waals surface area contributed by atoms with E-state index < -0.39 is 0 Å². The minimum atomic E-state index is 0.659. The molecule has 1 rings (SSSR count). The first-order chi connectivity index (χ1) is 7.26. The number of unbranched alkanes of at least 4 members (excludes halogenated alkanes) is 1. The maximum atomic E-state index is 5.52. The summed E-state index contributed by atoms with van der Waals surface area (Å²) in [5, 5.41) is 3.15. The molecule has 0 aliphatic rings. The molecule has 0 aliphatic heterocycles. The zero-order valence-corrected chi connectivity index (χ0v) is 9.71. The molecule has 0 amide bonds. The molecule has 15 heavy (non-hydrogen) atoms. The number of nitrogens with zero attached hydrogens (tertiary/aromatic N) is 2. The molecule has 0 radical (unpaired) electrons. The second-order valence-corrected chi connectivity index (χ2v) is 3.37. The fraction of sp³-hybridized carbons (Fsp3) is 0.636. The summed E-state index contributed by atoms with van der Waals surface area (Å²) in [6, 6.07) is 1.84. The highest BCUT2D eigenvalue weighted by atomic mass is 16.5. The second kappa shape index (κ2) is 6.22. The molecule has 84 valence electrons. The standard InChI is InChI=1S/C11H19N3O/c1-4-6-7-15-11-8-10(12-5-2)13-9(3)14-11/h8H,4-7H2,1-3H3,(H,12,13,14). The van der Waals surface area contributed by atoms with Crippen LogP contribution in [0.25, 0.3) is 0 Å². The van der Waals surface area contributed by atoms with E-state index >= 15 is 0 Å². The average Bonchev–Trinajstić information content (AvgIpc) is 2.18. The summed E-state index contributed by atoms with van der Waals surface area (Å²) in [5.41, 5.74) is 0. The van der Waals surface area contributed by atoms with Gasteiger partial charge in [0.05, 0.1) is 6.61 Å². The second-order valence-electron chi connectivity index (χ2n) is 3.37. The Bertz CT molecular complexity index is 302. The SMILES string of the molecule is CCCCOc1cc(NCC)nc(C)n1. The van der Waals surface area contributed by atoms with Crippen LogP contribution in [0, 0.1) is 6.92 Å². The molecule has 0 unspecified atom stereocenters. The molecule has 1 aromatic heterocycles. The Hall–Kier alpha value is -1.32. The van der Waals surface area contributed by atoms with Crippen molar-refractivity contribution in [3.05, 3.63) is 11.9 Å². The van der Waals surface area contributed by atoms with E-state index in [4.69, 9.17) is 4.74 Å². The third-order valence-corrected chi connectivity index (χ3v) is 1.92. The highest BCUT2D eigenvalue weighted by molar-refractivity contribution is 5.38. The molecule has 0 fully saturated rings. The van der Waals surface area contributed by atoms with Gasteiger partial charge in [0.15, 0.2) is 0 Å². The molecule has 0 aliphatic carbocycles. The largest absolute Gasteiger partial charge is 0.478 e. The van der Waals surface area contributed by atoms with Crippen LogP contribution >= 0.6 is 0 Å². The molecular weight excluding hydrogens is 190 g/mol. The number of nitrogens with one attached hydrogen (secondary N) is 1. The molecule has 0 spiro atoms. The van der Waals surface area contributed by atoms with E-state index in [9.17, 15) is 0 Å². The molecule has 1 N–H and O–H groups in total. The van der Waals surface area contributed by atoms with Crippen molar-refractivity contribution in [3.63, 3.8) is 0 Å². The molecule has 1 heterocycles. The van der Waals surface area contributed by atoms with Crippen LogP contribution in [0.4, 0.5) is 5.82 Å². The number of hydrogen-bond donors (Lipinski definition) is 1. The van der Waals surface area contributed by atoms with Gasteiger partial charge < -0.3 is 10.1 Å². The predicted octanol–water partition coefficient (Wildman–Crippen LogP) is 2.40. The van der Waals surface area contributed by atoms with Crippen LogP contribution in [0.1, 0.15) is 32.5 Å². The summed E-state index contributed by atoms with van der Waals surface area (Å²) in [4.78, 5) is 8.46. The Morgan fingerprint density at radius 2 is 2.13 bits per heavy atom. The maximum Gasteiger partial charge on any atom is 0.218 e. The lowest BCUT2D eigenvalue weighted by Crippen LogP contribution is -2.05. The van der Waals surface area contributed by atoms with Crippen molar-refractivity contribution in [1.82, 2.24) is 9.97 Å². The minimum Gasteiger partial charge on any atom is -0.478 e. The van der Waals surface area contributed by atoms with E-state index in [-0.39, 0.29) is 0 Å². The average molecular weight is 209 g/mol. The summed E-state index contributed by atoms with van der Waals surface area (Å²) in [6.07, 6.45) is 2.18. The number of rotatable bonds is 6. The number of hydrogen-bond acceptors (Lipinski definition) is 4. The molecule has 0 bridgehead atoms. The highest BCUT2D eigenvalue weighted by Gasteiger charge is 2.01. The van der Waals surface area contributed by atoms with Crippen LogP contribution in [0.5, 0.6) is 5.88 Å². The van der Waals surface area contributed by atoms with Crippen molar-refractivity contribution in [1.29, 1.82) is 0 Å². The summed E-state index contributed by atoms with van der Waals surface area (Å²) < 4.78 is 5.52. The van der Waals surface area contributed by atoms with Gasteiger partial charge in [0.25, 0.3) is 0 Å². The first-order valence-corrected chi connectivity index (χ1v) is 5.48. The molecule has 0 aromatic carbocycles. The fourth-order valence-corrected chi connectivity index (χ4v) is 1.21. The Balaban J connectivity index is 2.62. The summed E-state index contributed by atoms with van der Waals surface area (Å²) in [7, 11) is 0. The first-order valence-electron chi connectivity index (χ1n) is 5.48. The highest BCUT2D eigenvalue weighted by Crippen LogP contribution is 2.13. The van der Waals surface area contributed by atoms with Crippen molar-refractivity contribution >= 4 is 5.82 Å². The number of aryl methyl sites for hydroxylation is 1. The molecule has 0 atom stereocenters. The molecule has 0 saturated carbocycles. The van der Waals surface area contributed by atoms with Crippen LogP contribution in [0.15, 0.2) is 6.07 Å². The van der Waals surface area contributed by atoms with Gasteiger partial charge in [0, 0.05) is 12.6 Å². The normalized spacial score (nSPS) is 10.1. The monoisotopic (exact) mass is 209 g/mol. The lowest BCUT2D eigenvalue weighted by molar-refractivity contribution is 0.297. The Labute approximate surface area is 91.1 Å². The zero-order valence-electron chi connectivity index (χ0n) is 9.71. The van der Waals surface area contributed by atoms with Crippen LogP contribution in [0.2, 0.25) is 0 Å². The van der Waals surface area contributed by atoms with Gasteiger partial charge in [-0.15, -0.1) is 0 Å². The van der Waals surface area contributed by atoms with Gasteiger partial charge in [0.1, 0.15) is 11.6 Å². The van der Waals surface area contributed by atoms with E-state index in [2.05, 4.69) is 22.2 Å². The fourth-order valence-electron chi connectivity index (χ4n) is 1.21. The van der Waals surface area contributed by atoms with Gasteiger partial charge in [-0.25, -0.2) is 4.98 Å². The first kappa shape index (κ1) is 11.8. The van der Waals surface area contributed by atoms with Crippen molar-refractivity contribution in [3.8, 4) is 5.88 Å². The third kappa shape index (κ3) is 4.14. The Kier molecular flexibility index (Phi) is 4.87. The van der Waals surface area contributed by atoms with Gasteiger partial charge in [0.2, 0.25) is 5.88 Å². The number of aromatic nitrogens is 2. The van der Waals surface area contributed by atoms with Gasteiger partial charge >= 0.3 is 0 Å². The lowest BCUT2D eigenvalue weighted by atomic mass is 10.4. The van der Waals surface area contributed by atoms with Gasteiger partial charge in [-0.1, -0.05) is 13.3 Å². The van der Waals surface area contributed by atoms with E-state index in [0.29, 0.717) is 5.88 Å². The molecular formula is C11H19N3O. The summed E-state index contributed by atoms with van der Waals surface area (Å²) >= 11 is 0. The maximum absolute atomic E-state index is 5.52. The van der Waals surface area contributed by atoms with Crippen LogP contribution in [0.3, 0.4) is 0 Å². The van der Waals surface area contributed by atoms with Crippen molar-refractivity contribution in [2.75, 3.05) is 18.5 Å². The quantitative estimate of drug-likeness (QED) is 0.731. The zero-order chi connectivity index (χ0) is 11.1. The summed E-state index contributed by atoms with van der Waals surface area (Å²) in [5.74, 6) is 2.23. The van der Waals surface area contributed by atoms with E-state index in [0.717, 1.165) is 37.6 Å². The molecule has 4 heteroatoms. The molecule has 0 saturated heterocycles. The van der Waals surface area contributed by atoms with E-state index in [1.165, 1.54) is 0 Å². The predicted molar refractivity (Wildman–Crippen MR) is 61.3 cm³/mol. The number of ether oxygens (including phenoxy) is 1. The molecule has 4 nitrogen and oxygen atoms in total. The van der Waals surface area contributed by atoms with Crippen molar-refractivity contribution in [2.45, 2.75) is 33.6 Å². The third-order valence-electron chi connectivity index (χ3n) is 1.92. The Morgan fingerprint density at radius 3 is 2.80 bits per heavy atom. The minimum absolute atomic E-state index is 0.659. The van der Waals surface area contributed by atoms with E-state index in [1.54, 1.807) is 0 Å². The van der Waals surface area contributed by atoms with Crippen LogP contribution < -0.4 is 10.1 Å². The van der Waals surface area contributed by atoms with Crippen molar-refractivity contribution < 1.29 is 4.74 Å². The topological polar surface area (TPSA) is 47.0 Å². The van der Waals surface area contributed by atoms with Crippen molar-refractivity contribution in [2.24, 2.45) is 0 Å². The number of anilines is 1. The van der Waals surface area contributed by atoms with Gasteiger partial charge in [-0.05, 0) is 20.3 Å². The smallest absolute Gasteiger partial charge is 0.218 e. The van der Waals surface area contributed by atoms with Gasteiger partial charge in [-0.2, -0.15) is 4.98 Å². The lowest BCUT2D eigenvalue weighted by Gasteiger charge is -2.07. The van der Waals surface area contributed by atoms with E-state index in [1.807, 2.05) is 19.9 Å². The summed E-state index contributed by atoms with van der Waals surface area (Å²) in [6.45, 7) is 7.62. The Morgan fingerprint density at radius 1 is 1.33 bits per heavy atom. The molecule has 1 aromatic rings. The van der Waals surface area contributed by atoms with Gasteiger partial charge in [-0.3, -0.25) is 0 Å². The van der Waals surface area contributed by atoms with Crippen LogP contribution in [-0.4, -0.2) is 23.1 Å².